The van der Waals surface area contributed by atoms with Gasteiger partial charge in [0.15, 0.2) is 11.3 Å². The van der Waals surface area contributed by atoms with Crippen LogP contribution in [0.2, 0.25) is 0 Å². The minimum absolute atomic E-state index is 0.0403. The van der Waals surface area contributed by atoms with Gasteiger partial charge in [0.05, 0.1) is 18.8 Å². The third-order valence-electron chi connectivity index (χ3n) is 15.6. The highest BCUT2D eigenvalue weighted by molar-refractivity contribution is 5.97. The topological polar surface area (TPSA) is 241 Å². The SMILES string of the molecule is CC(C)(C)c1cnc2[nH]ccc2c1.CC(C)(C)c1cnc2[nH]ncc2c1.CC(C)(C)c1cnc2c(c1)CC(=O)N2.CC(C)(C)c1cnc2c(c1)CCN2.CC(C)(C)c1cnc2ccnn2c1.CC(C)(C)c1cnc2nccn2c1.CC(C)(C)c1cnc2ncnn2c1. The van der Waals surface area contributed by atoms with E-state index in [0.717, 1.165) is 63.8 Å². The van der Waals surface area contributed by atoms with Crippen molar-refractivity contribution in [3.05, 3.63) is 186 Å². The number of nitrogens with zero attached hydrogens (tertiary/aromatic N) is 15. The van der Waals surface area contributed by atoms with Crippen LogP contribution in [-0.2, 0) is 55.5 Å². The molecule has 0 fully saturated rings. The molecule has 20 nitrogen and oxygen atoms in total. The van der Waals surface area contributed by atoms with E-state index in [9.17, 15) is 4.79 Å². The Balaban J connectivity index is 0.000000138. The highest BCUT2D eigenvalue weighted by Gasteiger charge is 2.24. The van der Waals surface area contributed by atoms with E-state index in [0.29, 0.717) is 12.2 Å². The molecule has 4 N–H and O–H groups in total. The van der Waals surface area contributed by atoms with E-state index >= 15 is 0 Å². The Bertz CT molecular complexity index is 3930. The molecule has 2 aliphatic rings. The summed E-state index contributed by atoms with van der Waals surface area (Å²) in [7, 11) is 0. The fourth-order valence-corrected chi connectivity index (χ4v) is 9.21. The van der Waals surface area contributed by atoms with Gasteiger partial charge < -0.3 is 15.6 Å². The van der Waals surface area contributed by atoms with Gasteiger partial charge in [-0.3, -0.25) is 14.3 Å². The zero-order chi connectivity index (χ0) is 67.2. The van der Waals surface area contributed by atoms with E-state index in [2.05, 4.69) is 263 Å². The fourth-order valence-electron chi connectivity index (χ4n) is 9.21. The number of amides is 1. The maximum absolute atomic E-state index is 11.1. The second-order valence-corrected chi connectivity index (χ2v) is 30.6. The van der Waals surface area contributed by atoms with Gasteiger partial charge in [0.1, 0.15) is 23.6 Å². The number of hydrogen-bond donors (Lipinski definition) is 4. The number of aromatic amines is 2. The number of aromatic nitrogens is 17. The lowest BCUT2D eigenvalue weighted by atomic mass is 9.87. The first-order chi connectivity index (χ1) is 42.9. The lowest BCUT2D eigenvalue weighted by Gasteiger charge is -2.19. The molecular weight excluding hydrogens is 1150 g/mol. The Hall–Kier alpha value is -9.33. The quantitative estimate of drug-likeness (QED) is 0.110. The number of carbonyl (C=O) groups excluding carboxylic acids is 1. The molecule has 0 aromatic carbocycles. The Morgan fingerprint density at radius 1 is 0.435 bits per heavy atom. The highest BCUT2D eigenvalue weighted by Crippen LogP contribution is 2.31. The predicted molar refractivity (Wildman–Crippen MR) is 371 cm³/mol. The van der Waals surface area contributed by atoms with Crippen molar-refractivity contribution in [3.63, 3.8) is 0 Å². The molecule has 0 saturated heterocycles. The van der Waals surface area contributed by atoms with Crippen LogP contribution in [0.3, 0.4) is 0 Å². The van der Waals surface area contributed by atoms with Crippen LogP contribution < -0.4 is 10.6 Å². The van der Waals surface area contributed by atoms with Crippen molar-refractivity contribution in [2.75, 3.05) is 17.2 Å². The molecular formula is C72H95N19O. The van der Waals surface area contributed by atoms with Crippen molar-refractivity contribution in [2.45, 2.75) is 196 Å². The molecule has 12 aromatic heterocycles. The summed E-state index contributed by atoms with van der Waals surface area (Å²) >= 11 is 0. The summed E-state index contributed by atoms with van der Waals surface area (Å²) in [5.74, 6) is 3.25. The van der Waals surface area contributed by atoms with E-state index in [1.54, 1.807) is 27.6 Å². The highest BCUT2D eigenvalue weighted by atomic mass is 16.1. The van der Waals surface area contributed by atoms with Crippen LogP contribution in [0.15, 0.2) is 136 Å². The summed E-state index contributed by atoms with van der Waals surface area (Å²) in [5, 5.41) is 23.2. The van der Waals surface area contributed by atoms with Gasteiger partial charge in [0.25, 0.3) is 5.78 Å². The van der Waals surface area contributed by atoms with E-state index in [4.69, 9.17) is 0 Å². The predicted octanol–water partition coefficient (Wildman–Crippen LogP) is 14.8. The zero-order valence-corrected chi connectivity index (χ0v) is 57.9. The molecule has 14 rings (SSSR count). The summed E-state index contributed by atoms with van der Waals surface area (Å²) in [5.41, 5.74) is 14.7. The number of pyridine rings is 4. The number of rotatable bonds is 0. The molecule has 0 spiro atoms. The van der Waals surface area contributed by atoms with Gasteiger partial charge in [-0.1, -0.05) is 151 Å². The van der Waals surface area contributed by atoms with Crippen LogP contribution >= 0.6 is 0 Å². The van der Waals surface area contributed by atoms with Crippen LogP contribution in [0.25, 0.3) is 39.3 Å². The maximum Gasteiger partial charge on any atom is 0.252 e. The molecule has 14 heterocycles. The normalized spacial score (nSPS) is 13.1. The van der Waals surface area contributed by atoms with Crippen LogP contribution in [-0.4, -0.2) is 96.1 Å². The minimum Gasteiger partial charge on any atom is -0.370 e. The van der Waals surface area contributed by atoms with Crippen molar-refractivity contribution in [2.24, 2.45) is 0 Å². The third kappa shape index (κ3) is 18.2. The van der Waals surface area contributed by atoms with Crippen LogP contribution in [0.4, 0.5) is 11.6 Å². The van der Waals surface area contributed by atoms with Gasteiger partial charge in [0.2, 0.25) is 11.7 Å². The number of anilines is 2. The molecule has 484 valence electrons. The summed E-state index contributed by atoms with van der Waals surface area (Å²) in [4.78, 5) is 52.3. The summed E-state index contributed by atoms with van der Waals surface area (Å²) in [6.07, 6.45) is 31.6. The molecule has 0 unspecified atom stereocenters. The lowest BCUT2D eigenvalue weighted by Crippen LogP contribution is -2.12. The minimum atomic E-state index is 0.0403. The number of imidazole rings is 1. The molecule has 0 radical (unpaired) electrons. The molecule has 2 aliphatic heterocycles. The zero-order valence-electron chi connectivity index (χ0n) is 57.9. The average Bonchev–Trinajstić information content (AvgIpc) is 1.70. The van der Waals surface area contributed by atoms with Crippen molar-refractivity contribution in [3.8, 4) is 0 Å². The second-order valence-electron chi connectivity index (χ2n) is 30.6. The molecule has 0 bridgehead atoms. The first-order valence-corrected chi connectivity index (χ1v) is 31.4. The fraction of sp³-hybridized carbons (Fsp3) is 0.431. The van der Waals surface area contributed by atoms with Crippen molar-refractivity contribution in [1.29, 1.82) is 0 Å². The molecule has 20 heteroatoms. The summed E-state index contributed by atoms with van der Waals surface area (Å²) in [6.45, 7) is 46.7. The Labute approximate surface area is 541 Å². The Morgan fingerprint density at radius 3 is 1.57 bits per heavy atom. The molecule has 0 aliphatic carbocycles. The van der Waals surface area contributed by atoms with Gasteiger partial charge in [-0.15, -0.1) is 0 Å². The number of nitrogens with one attached hydrogen (secondary N) is 4. The number of carbonyl (C=O) groups is 1. The Kier molecular flexibility index (Phi) is 20.3. The van der Waals surface area contributed by atoms with E-state index in [1.165, 1.54) is 50.7 Å². The second kappa shape index (κ2) is 27.2. The van der Waals surface area contributed by atoms with Crippen molar-refractivity contribution >= 4 is 56.8 Å². The van der Waals surface area contributed by atoms with Gasteiger partial charge in [-0.2, -0.15) is 20.3 Å². The van der Waals surface area contributed by atoms with E-state index in [-0.39, 0.29) is 43.8 Å². The molecule has 0 saturated carbocycles. The first-order valence-electron chi connectivity index (χ1n) is 31.4. The standard InChI is InChI=1S/C11H14N2O.C11H16N2.C11H14N2.3C10H13N3.C9H12N4/c1-11(2,3)8-4-7-5-9(14)13-10(7)12-6-8;2*1-11(2,3)9-6-8-4-5-12-10(8)13-7-9;1-10(2,3)8-4-7-5-12-13-9(7)11-6-8;1-10(2,3)8-6-12-9-11-4-5-13(9)7-8;1-10(2,3)8-6-11-9-4-5-12-13(9)7-8;1-9(2,3)7-4-10-8-11-6-12-13(8)5-7/h4,6H,5H2,1-3H3,(H,12,13,14);6-7H,4-5H2,1-3H3,(H,12,13);4-7H,1-3H3,(H,12,13);4-6H,1-3H3,(H,11,12,13);2*4-7H,1-3H3;4-6H,1-3H3. The summed E-state index contributed by atoms with van der Waals surface area (Å²) < 4.78 is 5.45. The van der Waals surface area contributed by atoms with Crippen LogP contribution in [0, 0.1) is 0 Å². The van der Waals surface area contributed by atoms with Crippen molar-refractivity contribution in [1.82, 2.24) is 83.7 Å². The number of H-pyrrole nitrogens is 2. The Morgan fingerprint density at radius 2 is 0.946 bits per heavy atom. The number of fused-ring (bicyclic) bond motifs is 7. The van der Waals surface area contributed by atoms with Crippen molar-refractivity contribution < 1.29 is 4.79 Å². The smallest absolute Gasteiger partial charge is 0.252 e. The monoisotopic (exact) mass is 1240 g/mol. The van der Waals surface area contributed by atoms with Gasteiger partial charge >= 0.3 is 0 Å². The van der Waals surface area contributed by atoms with Gasteiger partial charge in [0, 0.05) is 110 Å². The van der Waals surface area contributed by atoms with Crippen LogP contribution in [0.1, 0.15) is 195 Å². The lowest BCUT2D eigenvalue weighted by molar-refractivity contribution is -0.115. The first kappa shape index (κ1) is 68.6. The molecule has 92 heavy (non-hydrogen) atoms. The van der Waals surface area contributed by atoms with E-state index < -0.39 is 0 Å². The summed E-state index contributed by atoms with van der Waals surface area (Å²) in [6, 6.07) is 12.6. The van der Waals surface area contributed by atoms with Gasteiger partial charge in [-0.05, 0) is 113 Å². The molecule has 0 atom stereocenters. The van der Waals surface area contributed by atoms with Gasteiger partial charge in [-0.25, -0.2) is 48.9 Å². The third-order valence-corrected chi connectivity index (χ3v) is 15.6. The largest absolute Gasteiger partial charge is 0.370 e. The maximum atomic E-state index is 11.1. The van der Waals surface area contributed by atoms with E-state index in [1.807, 2.05) is 78.6 Å². The molecule has 12 aromatic rings. The average molecular weight is 1240 g/mol. The molecule has 1 amide bonds. The number of hydrogen-bond acceptors (Lipinski definition) is 14. The van der Waals surface area contributed by atoms with Crippen LogP contribution in [0.5, 0.6) is 0 Å².